The maximum absolute atomic E-state index is 12.7. The Morgan fingerprint density at radius 3 is 2.67 bits per heavy atom. The number of rotatable bonds is 7. The first-order valence-corrected chi connectivity index (χ1v) is 10.8. The van der Waals surface area contributed by atoms with Gasteiger partial charge in [0.25, 0.3) is 5.91 Å². The minimum absolute atomic E-state index is 0.163. The van der Waals surface area contributed by atoms with E-state index in [-0.39, 0.29) is 5.91 Å². The minimum Gasteiger partial charge on any atom is -0.494 e. The monoisotopic (exact) mass is 421 g/mol. The quantitative estimate of drug-likeness (QED) is 0.465. The Bertz CT molecular complexity index is 1180. The summed E-state index contributed by atoms with van der Waals surface area (Å²) in [6, 6.07) is 13.1. The normalized spacial score (nSPS) is 11.0. The van der Waals surface area contributed by atoms with E-state index in [1.165, 1.54) is 11.3 Å². The molecule has 0 aliphatic heterocycles. The minimum atomic E-state index is -0.163. The number of aryl methyl sites for hydroxylation is 2. The van der Waals surface area contributed by atoms with Gasteiger partial charge in [-0.25, -0.2) is 0 Å². The van der Waals surface area contributed by atoms with Crippen LogP contribution in [0.5, 0.6) is 5.75 Å². The third kappa shape index (κ3) is 4.04. The molecule has 0 bridgehead atoms. The first-order chi connectivity index (χ1) is 14.6. The molecule has 0 unspecified atom stereocenters. The van der Waals surface area contributed by atoms with Crippen LogP contribution in [-0.4, -0.2) is 32.3 Å². The van der Waals surface area contributed by atoms with Gasteiger partial charge in [-0.3, -0.25) is 4.79 Å². The van der Waals surface area contributed by atoms with Crippen LogP contribution >= 0.6 is 11.3 Å². The number of nitrogens with one attached hydrogen (secondary N) is 1. The summed E-state index contributed by atoms with van der Waals surface area (Å²) in [5.74, 6) is 1.43. The lowest BCUT2D eigenvalue weighted by Gasteiger charge is -2.10. The third-order valence-corrected chi connectivity index (χ3v) is 5.64. The van der Waals surface area contributed by atoms with Gasteiger partial charge in [-0.2, -0.15) is 9.61 Å². The van der Waals surface area contributed by atoms with Gasteiger partial charge in [0.1, 0.15) is 10.8 Å². The van der Waals surface area contributed by atoms with Gasteiger partial charge in [0.15, 0.2) is 5.82 Å². The summed E-state index contributed by atoms with van der Waals surface area (Å²) in [5.41, 5.74) is 3.24. The van der Waals surface area contributed by atoms with Gasteiger partial charge < -0.3 is 10.1 Å². The van der Waals surface area contributed by atoms with Crippen LogP contribution in [0.2, 0.25) is 0 Å². The van der Waals surface area contributed by atoms with Gasteiger partial charge >= 0.3 is 0 Å². The molecule has 0 aliphatic carbocycles. The topological polar surface area (TPSA) is 81.4 Å². The highest BCUT2D eigenvalue weighted by atomic mass is 32.1. The van der Waals surface area contributed by atoms with Gasteiger partial charge in [-0.1, -0.05) is 37.3 Å². The standard InChI is InChI=1S/C22H23N5O2S/c1-4-12-29-17-10-8-15(9-11-17)20(28)23-18-13-16(7-6-14(18)3)21-26-27-19(5-2)24-25-22(27)30-21/h6-11,13H,4-5,12H2,1-3H3,(H,23,28). The predicted molar refractivity (Wildman–Crippen MR) is 118 cm³/mol. The molecule has 0 saturated carbocycles. The number of ether oxygens (including phenoxy) is 1. The van der Waals surface area contributed by atoms with Crippen LogP contribution in [0.1, 0.15) is 42.0 Å². The average Bonchev–Trinajstić information content (AvgIpc) is 3.35. The molecule has 4 aromatic rings. The van der Waals surface area contributed by atoms with Gasteiger partial charge in [0.2, 0.25) is 4.96 Å². The Balaban J connectivity index is 1.55. The molecule has 8 heteroatoms. The molecule has 0 radical (unpaired) electrons. The van der Waals surface area contributed by atoms with Crippen molar-refractivity contribution in [1.29, 1.82) is 0 Å². The number of nitrogens with zero attached hydrogens (tertiary/aromatic N) is 4. The summed E-state index contributed by atoms with van der Waals surface area (Å²) in [6.07, 6.45) is 1.71. The Labute approximate surface area is 178 Å². The van der Waals surface area contributed by atoms with E-state index in [9.17, 15) is 4.79 Å². The molecule has 2 heterocycles. The van der Waals surface area contributed by atoms with Crippen LogP contribution in [-0.2, 0) is 6.42 Å². The van der Waals surface area contributed by atoms with Gasteiger partial charge in [-0.15, -0.1) is 10.2 Å². The summed E-state index contributed by atoms with van der Waals surface area (Å²) in [7, 11) is 0. The van der Waals surface area contributed by atoms with Crippen LogP contribution < -0.4 is 10.1 Å². The van der Waals surface area contributed by atoms with E-state index < -0.39 is 0 Å². The highest BCUT2D eigenvalue weighted by molar-refractivity contribution is 7.19. The van der Waals surface area contributed by atoms with E-state index in [0.717, 1.165) is 51.2 Å². The lowest BCUT2D eigenvalue weighted by Crippen LogP contribution is -2.12. The van der Waals surface area contributed by atoms with Crippen molar-refractivity contribution in [2.24, 2.45) is 0 Å². The van der Waals surface area contributed by atoms with E-state index in [4.69, 9.17) is 4.74 Å². The van der Waals surface area contributed by atoms with E-state index in [0.29, 0.717) is 12.2 Å². The Morgan fingerprint density at radius 1 is 1.13 bits per heavy atom. The molecule has 0 atom stereocenters. The molecule has 4 rings (SSSR count). The number of carbonyl (C=O) groups is 1. The summed E-state index contributed by atoms with van der Waals surface area (Å²) < 4.78 is 7.36. The molecule has 30 heavy (non-hydrogen) atoms. The van der Waals surface area contributed by atoms with Crippen molar-refractivity contribution >= 4 is 27.9 Å². The van der Waals surface area contributed by atoms with Crippen molar-refractivity contribution in [3.63, 3.8) is 0 Å². The number of anilines is 1. The maximum atomic E-state index is 12.7. The van der Waals surface area contributed by atoms with Crippen molar-refractivity contribution in [2.75, 3.05) is 11.9 Å². The number of benzene rings is 2. The molecule has 2 aromatic heterocycles. The average molecular weight is 422 g/mol. The second-order valence-corrected chi connectivity index (χ2v) is 7.88. The van der Waals surface area contributed by atoms with Gasteiger partial charge in [0.05, 0.1) is 6.61 Å². The first-order valence-electron chi connectivity index (χ1n) is 9.95. The number of amides is 1. The predicted octanol–water partition coefficient (Wildman–Crippen LogP) is 4.76. The second-order valence-electron chi connectivity index (χ2n) is 6.93. The summed E-state index contributed by atoms with van der Waals surface area (Å²) in [6.45, 7) is 6.71. The molecule has 2 aromatic carbocycles. The number of fused-ring (bicyclic) bond motifs is 1. The van der Waals surface area contributed by atoms with Crippen LogP contribution in [0.15, 0.2) is 42.5 Å². The van der Waals surface area contributed by atoms with Crippen molar-refractivity contribution in [3.8, 4) is 16.3 Å². The SMILES string of the molecule is CCCOc1ccc(C(=O)Nc2cc(-c3nn4c(CC)nnc4s3)ccc2C)cc1. The molecular weight excluding hydrogens is 398 g/mol. The Kier molecular flexibility index (Phi) is 5.76. The summed E-state index contributed by atoms with van der Waals surface area (Å²) in [4.78, 5) is 13.5. The summed E-state index contributed by atoms with van der Waals surface area (Å²) in [5, 5.41) is 16.8. The number of hydrogen-bond acceptors (Lipinski definition) is 6. The molecular formula is C22H23N5O2S. The zero-order chi connectivity index (χ0) is 21.1. The zero-order valence-electron chi connectivity index (χ0n) is 17.2. The third-order valence-electron chi connectivity index (χ3n) is 4.69. The van der Waals surface area contributed by atoms with Crippen LogP contribution in [0, 0.1) is 6.92 Å². The van der Waals surface area contributed by atoms with Crippen molar-refractivity contribution < 1.29 is 9.53 Å². The van der Waals surface area contributed by atoms with Gasteiger partial charge in [-0.05, 0) is 49.2 Å². The molecule has 0 fully saturated rings. The zero-order valence-corrected chi connectivity index (χ0v) is 18.0. The van der Waals surface area contributed by atoms with E-state index in [2.05, 4.69) is 27.5 Å². The van der Waals surface area contributed by atoms with E-state index >= 15 is 0 Å². The van der Waals surface area contributed by atoms with Crippen molar-refractivity contribution in [3.05, 3.63) is 59.4 Å². The fourth-order valence-corrected chi connectivity index (χ4v) is 3.86. The van der Waals surface area contributed by atoms with Crippen molar-refractivity contribution in [1.82, 2.24) is 19.8 Å². The number of aromatic nitrogens is 4. The smallest absolute Gasteiger partial charge is 0.255 e. The molecule has 1 N–H and O–H groups in total. The van der Waals surface area contributed by atoms with Crippen LogP contribution in [0.3, 0.4) is 0 Å². The van der Waals surface area contributed by atoms with Gasteiger partial charge in [0, 0.05) is 23.2 Å². The molecule has 0 aliphatic rings. The van der Waals surface area contributed by atoms with E-state index in [1.807, 2.05) is 44.2 Å². The second kappa shape index (κ2) is 8.62. The highest BCUT2D eigenvalue weighted by Gasteiger charge is 2.14. The summed E-state index contributed by atoms with van der Waals surface area (Å²) >= 11 is 1.48. The van der Waals surface area contributed by atoms with E-state index in [1.54, 1.807) is 16.6 Å². The fraction of sp³-hybridized carbons (Fsp3) is 0.273. The molecule has 7 nitrogen and oxygen atoms in total. The Morgan fingerprint density at radius 2 is 1.93 bits per heavy atom. The molecule has 0 spiro atoms. The molecule has 1 amide bonds. The largest absolute Gasteiger partial charge is 0.494 e. The van der Waals surface area contributed by atoms with Crippen molar-refractivity contribution in [2.45, 2.75) is 33.6 Å². The number of hydrogen-bond donors (Lipinski definition) is 1. The maximum Gasteiger partial charge on any atom is 0.255 e. The number of carbonyl (C=O) groups excluding carboxylic acids is 1. The lowest BCUT2D eigenvalue weighted by atomic mass is 10.1. The lowest BCUT2D eigenvalue weighted by molar-refractivity contribution is 0.102. The van der Waals surface area contributed by atoms with Crippen LogP contribution in [0.4, 0.5) is 5.69 Å². The first kappa shape index (κ1) is 20.0. The molecule has 0 saturated heterocycles. The van der Waals surface area contributed by atoms with Crippen LogP contribution in [0.25, 0.3) is 15.5 Å². The Hall–Kier alpha value is -3.26. The molecule has 154 valence electrons. The highest BCUT2D eigenvalue weighted by Crippen LogP contribution is 2.29. The fourth-order valence-electron chi connectivity index (χ4n) is 3.00.